The molecule has 0 rings (SSSR count). The second-order valence-corrected chi connectivity index (χ2v) is 5.43. The SMILES string of the molecule is CCCCCCCCC(CCS)C(OC)(OC)OC. The highest BCUT2D eigenvalue weighted by atomic mass is 32.1. The van der Waals surface area contributed by atoms with Gasteiger partial charge < -0.3 is 14.2 Å². The topological polar surface area (TPSA) is 27.7 Å². The predicted molar refractivity (Wildman–Crippen MR) is 83.7 cm³/mol. The Kier molecular flexibility index (Phi) is 12.2. The molecule has 0 aliphatic heterocycles. The first-order chi connectivity index (χ1) is 9.20. The van der Waals surface area contributed by atoms with Gasteiger partial charge in [0.25, 0.3) is 5.97 Å². The van der Waals surface area contributed by atoms with Crippen LogP contribution in [0.25, 0.3) is 0 Å². The van der Waals surface area contributed by atoms with E-state index >= 15 is 0 Å². The summed E-state index contributed by atoms with van der Waals surface area (Å²) in [5.74, 6) is 0.140. The standard InChI is InChI=1S/C15H32O3S/c1-5-6-7-8-9-10-11-14(12-13-19)15(16-2,17-3)18-4/h14,19H,5-13H2,1-4H3. The van der Waals surface area contributed by atoms with Gasteiger partial charge in [-0.1, -0.05) is 45.4 Å². The molecule has 3 nitrogen and oxygen atoms in total. The molecule has 0 aromatic carbocycles. The van der Waals surface area contributed by atoms with Crippen LogP contribution in [0.5, 0.6) is 0 Å². The van der Waals surface area contributed by atoms with E-state index in [2.05, 4.69) is 19.6 Å². The maximum absolute atomic E-state index is 5.47. The van der Waals surface area contributed by atoms with Crippen LogP contribution in [0.1, 0.15) is 58.3 Å². The molecule has 0 aromatic heterocycles. The molecule has 0 aromatic rings. The van der Waals surface area contributed by atoms with Crippen LogP contribution >= 0.6 is 12.6 Å². The van der Waals surface area contributed by atoms with Crippen molar-refractivity contribution in [3.63, 3.8) is 0 Å². The van der Waals surface area contributed by atoms with Crippen molar-refractivity contribution in [2.24, 2.45) is 5.92 Å². The maximum Gasteiger partial charge on any atom is 0.285 e. The first-order valence-corrected chi connectivity index (χ1v) is 8.10. The van der Waals surface area contributed by atoms with E-state index in [1.165, 1.54) is 38.5 Å². The van der Waals surface area contributed by atoms with Crippen molar-refractivity contribution < 1.29 is 14.2 Å². The largest absolute Gasteiger partial charge is 0.331 e. The van der Waals surface area contributed by atoms with Crippen molar-refractivity contribution >= 4 is 12.6 Å². The van der Waals surface area contributed by atoms with Gasteiger partial charge in [-0.15, -0.1) is 0 Å². The van der Waals surface area contributed by atoms with E-state index in [1.54, 1.807) is 21.3 Å². The molecule has 0 amide bonds. The summed E-state index contributed by atoms with van der Waals surface area (Å²) in [5, 5.41) is 0. The third-order valence-electron chi connectivity index (χ3n) is 3.74. The molecule has 1 unspecified atom stereocenters. The first kappa shape index (κ1) is 19.2. The van der Waals surface area contributed by atoms with Crippen LogP contribution in [-0.4, -0.2) is 33.1 Å². The molecule has 0 aliphatic carbocycles. The van der Waals surface area contributed by atoms with Crippen LogP contribution < -0.4 is 0 Å². The number of hydrogen-bond acceptors (Lipinski definition) is 4. The monoisotopic (exact) mass is 292 g/mol. The molecule has 0 bridgehead atoms. The van der Waals surface area contributed by atoms with E-state index in [0.717, 1.165) is 18.6 Å². The highest BCUT2D eigenvalue weighted by Gasteiger charge is 2.38. The molecule has 4 heteroatoms. The summed E-state index contributed by atoms with van der Waals surface area (Å²) in [6.07, 6.45) is 9.77. The van der Waals surface area contributed by atoms with E-state index in [0.29, 0.717) is 0 Å². The zero-order valence-corrected chi connectivity index (χ0v) is 14.0. The Bertz CT molecular complexity index is 188. The normalized spacial score (nSPS) is 13.7. The molecule has 0 N–H and O–H groups in total. The lowest BCUT2D eigenvalue weighted by molar-refractivity contribution is -0.379. The second-order valence-electron chi connectivity index (χ2n) is 4.98. The minimum atomic E-state index is -0.911. The second kappa shape index (κ2) is 12.0. The van der Waals surface area contributed by atoms with E-state index in [-0.39, 0.29) is 5.92 Å². The molecule has 116 valence electrons. The van der Waals surface area contributed by atoms with Crippen molar-refractivity contribution in [3.8, 4) is 0 Å². The molecule has 0 heterocycles. The fourth-order valence-corrected chi connectivity index (χ4v) is 2.89. The van der Waals surface area contributed by atoms with Gasteiger partial charge >= 0.3 is 0 Å². The fourth-order valence-electron chi connectivity index (χ4n) is 2.57. The van der Waals surface area contributed by atoms with Gasteiger partial charge in [0.2, 0.25) is 0 Å². The summed E-state index contributed by atoms with van der Waals surface area (Å²) in [6.45, 7) is 2.24. The summed E-state index contributed by atoms with van der Waals surface area (Å²) in [4.78, 5) is 0. The molecule has 19 heavy (non-hydrogen) atoms. The van der Waals surface area contributed by atoms with E-state index < -0.39 is 5.97 Å². The van der Waals surface area contributed by atoms with E-state index in [9.17, 15) is 0 Å². The number of rotatable bonds is 13. The quantitative estimate of drug-likeness (QED) is 0.312. The van der Waals surface area contributed by atoms with Crippen molar-refractivity contribution in [2.75, 3.05) is 27.1 Å². The molecule has 0 saturated heterocycles. The molecular formula is C15H32O3S. The lowest BCUT2D eigenvalue weighted by atomic mass is 9.95. The number of thiol groups is 1. The Hall–Kier alpha value is 0.230. The van der Waals surface area contributed by atoms with Gasteiger partial charge in [-0.2, -0.15) is 12.6 Å². The van der Waals surface area contributed by atoms with Gasteiger partial charge in [0.05, 0.1) is 0 Å². The van der Waals surface area contributed by atoms with Crippen molar-refractivity contribution in [2.45, 2.75) is 64.3 Å². The van der Waals surface area contributed by atoms with Crippen molar-refractivity contribution in [3.05, 3.63) is 0 Å². The summed E-state index contributed by atoms with van der Waals surface area (Å²) >= 11 is 4.33. The summed E-state index contributed by atoms with van der Waals surface area (Å²) in [6, 6.07) is 0. The zero-order valence-electron chi connectivity index (χ0n) is 13.1. The van der Waals surface area contributed by atoms with Crippen LogP contribution in [0.4, 0.5) is 0 Å². The van der Waals surface area contributed by atoms with Gasteiger partial charge in [0, 0.05) is 27.2 Å². The average molecular weight is 292 g/mol. The van der Waals surface area contributed by atoms with E-state index in [4.69, 9.17) is 14.2 Å². The Morgan fingerprint density at radius 1 is 0.842 bits per heavy atom. The molecule has 0 radical (unpaired) electrons. The van der Waals surface area contributed by atoms with Crippen LogP contribution in [0.3, 0.4) is 0 Å². The van der Waals surface area contributed by atoms with Crippen molar-refractivity contribution in [1.29, 1.82) is 0 Å². The molecule has 0 fully saturated rings. The molecule has 0 saturated carbocycles. The lowest BCUT2D eigenvalue weighted by Gasteiger charge is -2.36. The number of unbranched alkanes of at least 4 members (excludes halogenated alkanes) is 5. The minimum Gasteiger partial charge on any atom is -0.331 e. The maximum atomic E-state index is 5.47. The Morgan fingerprint density at radius 2 is 1.37 bits per heavy atom. The van der Waals surface area contributed by atoms with Crippen LogP contribution in [-0.2, 0) is 14.2 Å². The van der Waals surface area contributed by atoms with Gasteiger partial charge in [-0.25, -0.2) is 0 Å². The van der Waals surface area contributed by atoms with Crippen LogP contribution in [0.2, 0.25) is 0 Å². The first-order valence-electron chi connectivity index (χ1n) is 7.47. The summed E-state index contributed by atoms with van der Waals surface area (Å²) in [7, 11) is 4.92. The zero-order chi connectivity index (χ0) is 14.6. The van der Waals surface area contributed by atoms with Gasteiger partial charge in [-0.3, -0.25) is 0 Å². The third kappa shape index (κ3) is 6.98. The van der Waals surface area contributed by atoms with Crippen molar-refractivity contribution in [1.82, 2.24) is 0 Å². The highest BCUT2D eigenvalue weighted by molar-refractivity contribution is 7.80. The van der Waals surface area contributed by atoms with Gasteiger partial charge in [-0.05, 0) is 18.6 Å². The van der Waals surface area contributed by atoms with Crippen LogP contribution in [0.15, 0.2) is 0 Å². The Balaban J connectivity index is 4.16. The summed E-state index contributed by atoms with van der Waals surface area (Å²) in [5.41, 5.74) is 0. The number of methoxy groups -OCH3 is 3. The fraction of sp³-hybridized carbons (Fsp3) is 1.00. The van der Waals surface area contributed by atoms with Crippen LogP contribution in [0, 0.1) is 5.92 Å². The molecule has 0 aliphatic rings. The predicted octanol–water partition coefficient (Wildman–Crippen LogP) is 4.27. The number of hydrogen-bond donors (Lipinski definition) is 1. The average Bonchev–Trinajstić information content (AvgIpc) is 2.45. The van der Waals surface area contributed by atoms with Gasteiger partial charge in [0.15, 0.2) is 0 Å². The van der Waals surface area contributed by atoms with Gasteiger partial charge in [0.1, 0.15) is 0 Å². The Labute approximate surface area is 124 Å². The summed E-state index contributed by atoms with van der Waals surface area (Å²) < 4.78 is 16.4. The third-order valence-corrected chi connectivity index (χ3v) is 4.00. The molecule has 1 atom stereocenters. The lowest BCUT2D eigenvalue weighted by Crippen LogP contribution is -2.44. The highest BCUT2D eigenvalue weighted by Crippen LogP contribution is 2.31. The Morgan fingerprint density at radius 3 is 1.84 bits per heavy atom. The molecular weight excluding hydrogens is 260 g/mol. The minimum absolute atomic E-state index is 0.233. The number of ether oxygens (including phenoxy) is 3. The molecule has 0 spiro atoms. The smallest absolute Gasteiger partial charge is 0.285 e. The van der Waals surface area contributed by atoms with E-state index in [1.807, 2.05) is 0 Å².